The van der Waals surface area contributed by atoms with Gasteiger partial charge in [-0.2, -0.15) is 0 Å². The predicted octanol–water partition coefficient (Wildman–Crippen LogP) is 15.6. The van der Waals surface area contributed by atoms with Crippen LogP contribution in [0.2, 0.25) is 0 Å². The Hall–Kier alpha value is -7.49. The molecule has 0 fully saturated rings. The minimum Gasteiger partial charge on any atom is -0.354 e. The molecule has 1 N–H and O–H groups in total. The van der Waals surface area contributed by atoms with E-state index in [-0.39, 0.29) is 10.8 Å². The molecule has 66 heavy (non-hydrogen) atoms. The van der Waals surface area contributed by atoms with Crippen LogP contribution in [0.15, 0.2) is 158 Å². The summed E-state index contributed by atoms with van der Waals surface area (Å²) in [6.45, 7) is 9.44. The first kappa shape index (κ1) is 36.8. The standard InChI is InChI=1S/C63H47N3/c1-62(2)51-13-7-5-11-41(51)45-29-35(18-24-53(45)62)37-20-26-55-47(31-37)49-33-39-16-17-40-34-50-48-32-38(36-19-25-54-46(30-36)42-12-6-8-14-52(42)63(54,3)4)21-27-56(48)66(57-15-9-10-28-64-57)61(50)44-23-22-43(60(49)65-55)58(39)59(40)44/h5-15,18-21,24-34,65H,16-17,22-23H2,1-4H3. The summed E-state index contributed by atoms with van der Waals surface area (Å²) in [7, 11) is 0. The molecule has 0 radical (unpaired) electrons. The molecule has 0 amide bonds. The normalized spacial score (nSPS) is 15.6. The maximum Gasteiger partial charge on any atom is 0.137 e. The minimum atomic E-state index is -0.0119. The molecular formula is C63H47N3. The SMILES string of the molecule is CC1(C)c2ccccc2-c2cc(-c3ccc4[nH]c5c6c7c(cc5c4c3)CCc3cc4c5cc(-c8ccc9c(c8)-c8ccccc8C9(C)C)ccc5n(-c5ccccn5)c4c(c3-7)CC6)ccc21. The van der Waals surface area contributed by atoms with Crippen molar-refractivity contribution in [1.29, 1.82) is 0 Å². The Bertz CT molecular complexity index is 3980. The van der Waals surface area contributed by atoms with Crippen LogP contribution in [-0.4, -0.2) is 14.5 Å². The number of rotatable bonds is 3. The Morgan fingerprint density at radius 2 is 1.00 bits per heavy atom. The molecule has 0 saturated heterocycles. The number of aromatic nitrogens is 3. The molecule has 3 nitrogen and oxygen atoms in total. The predicted molar refractivity (Wildman–Crippen MR) is 274 cm³/mol. The van der Waals surface area contributed by atoms with Crippen molar-refractivity contribution in [2.45, 2.75) is 64.2 Å². The summed E-state index contributed by atoms with van der Waals surface area (Å²) < 4.78 is 2.46. The Kier molecular flexibility index (Phi) is 7.05. The third-order valence-electron chi connectivity index (χ3n) is 16.6. The maximum absolute atomic E-state index is 5.01. The van der Waals surface area contributed by atoms with Gasteiger partial charge in [-0.3, -0.25) is 4.57 Å². The topological polar surface area (TPSA) is 33.6 Å². The number of nitrogens with zero attached hydrogens (tertiary/aromatic N) is 2. The number of nitrogens with one attached hydrogen (secondary N) is 1. The van der Waals surface area contributed by atoms with Gasteiger partial charge in [-0.25, -0.2) is 4.98 Å². The van der Waals surface area contributed by atoms with Crippen LogP contribution in [-0.2, 0) is 36.5 Å². The van der Waals surface area contributed by atoms with E-state index in [4.69, 9.17) is 4.98 Å². The molecule has 0 aliphatic heterocycles. The second-order valence-corrected chi connectivity index (χ2v) is 20.6. The highest BCUT2D eigenvalue weighted by Crippen LogP contribution is 2.53. The fourth-order valence-electron chi connectivity index (χ4n) is 13.4. The van der Waals surface area contributed by atoms with Crippen LogP contribution in [0.1, 0.15) is 72.2 Å². The zero-order chi connectivity index (χ0) is 43.8. The maximum atomic E-state index is 5.01. The molecule has 0 atom stereocenters. The first-order chi connectivity index (χ1) is 32.2. The van der Waals surface area contributed by atoms with E-state index in [1.165, 1.54) is 144 Å². The zero-order valence-corrected chi connectivity index (χ0v) is 37.7. The van der Waals surface area contributed by atoms with Crippen molar-refractivity contribution in [2.24, 2.45) is 0 Å². The Balaban J connectivity index is 0.896. The minimum absolute atomic E-state index is 0.00340. The van der Waals surface area contributed by atoms with Crippen LogP contribution in [0.25, 0.3) is 105 Å². The number of hydrogen-bond donors (Lipinski definition) is 1. The van der Waals surface area contributed by atoms with Crippen LogP contribution >= 0.6 is 0 Å². The highest BCUT2D eigenvalue weighted by atomic mass is 15.1. The fraction of sp³-hybridized carbons (Fsp3) is 0.159. The molecular weight excluding hydrogens is 799 g/mol. The molecule has 3 heterocycles. The second kappa shape index (κ2) is 12.6. The number of aryl methyl sites for hydroxylation is 4. The zero-order valence-electron chi connectivity index (χ0n) is 37.7. The van der Waals surface area contributed by atoms with Crippen molar-refractivity contribution in [3.8, 4) is 61.5 Å². The number of hydrogen-bond acceptors (Lipinski definition) is 1. The first-order valence-electron chi connectivity index (χ1n) is 23.9. The summed E-state index contributed by atoms with van der Waals surface area (Å²) in [6, 6.07) is 57.8. The molecule has 3 aromatic heterocycles. The van der Waals surface area contributed by atoms with Gasteiger partial charge in [0.1, 0.15) is 5.82 Å². The second-order valence-electron chi connectivity index (χ2n) is 20.6. The first-order valence-corrected chi connectivity index (χ1v) is 23.9. The van der Waals surface area contributed by atoms with Crippen LogP contribution in [0.4, 0.5) is 0 Å². The average molecular weight is 846 g/mol. The highest BCUT2D eigenvalue weighted by molar-refractivity contribution is 6.16. The highest BCUT2D eigenvalue weighted by Gasteiger charge is 2.37. The van der Waals surface area contributed by atoms with Crippen molar-refractivity contribution in [1.82, 2.24) is 14.5 Å². The molecule has 314 valence electrons. The number of fused-ring (bicyclic) bond motifs is 14. The summed E-state index contributed by atoms with van der Waals surface area (Å²) in [5.74, 6) is 0.970. The number of aromatic amines is 1. The van der Waals surface area contributed by atoms with Crippen molar-refractivity contribution >= 4 is 43.6 Å². The summed E-state index contributed by atoms with van der Waals surface area (Å²) >= 11 is 0. The lowest BCUT2D eigenvalue weighted by atomic mass is 9.74. The van der Waals surface area contributed by atoms with Crippen molar-refractivity contribution in [3.05, 3.63) is 202 Å². The van der Waals surface area contributed by atoms with E-state index < -0.39 is 0 Å². The van der Waals surface area contributed by atoms with E-state index in [9.17, 15) is 0 Å². The number of benzene rings is 8. The third-order valence-corrected chi connectivity index (χ3v) is 16.6. The Morgan fingerprint density at radius 3 is 1.67 bits per heavy atom. The van der Waals surface area contributed by atoms with Gasteiger partial charge in [0.2, 0.25) is 0 Å². The van der Waals surface area contributed by atoms with E-state index in [1.54, 1.807) is 0 Å². The molecule has 0 bridgehead atoms. The van der Waals surface area contributed by atoms with Gasteiger partial charge in [0.15, 0.2) is 0 Å². The fourth-order valence-corrected chi connectivity index (χ4v) is 13.4. The summed E-state index contributed by atoms with van der Waals surface area (Å²) in [4.78, 5) is 8.99. The van der Waals surface area contributed by atoms with Gasteiger partial charge >= 0.3 is 0 Å². The molecule has 4 aliphatic carbocycles. The van der Waals surface area contributed by atoms with E-state index >= 15 is 0 Å². The number of pyridine rings is 1. The van der Waals surface area contributed by atoms with Crippen LogP contribution in [0.5, 0.6) is 0 Å². The van der Waals surface area contributed by atoms with Gasteiger partial charge in [-0.15, -0.1) is 0 Å². The summed E-state index contributed by atoms with van der Waals surface area (Å²) in [5.41, 5.74) is 30.0. The quantitative estimate of drug-likeness (QED) is 0.189. The van der Waals surface area contributed by atoms with Gasteiger partial charge in [-0.1, -0.05) is 119 Å². The third kappa shape index (κ3) is 4.70. The lowest BCUT2D eigenvalue weighted by Crippen LogP contribution is -2.15. The average Bonchev–Trinajstić information content (AvgIpc) is 4.03. The van der Waals surface area contributed by atoms with Crippen LogP contribution in [0, 0.1) is 0 Å². The van der Waals surface area contributed by atoms with E-state index in [1.807, 2.05) is 12.3 Å². The number of H-pyrrole nitrogens is 1. The van der Waals surface area contributed by atoms with E-state index in [2.05, 4.69) is 183 Å². The monoisotopic (exact) mass is 845 g/mol. The Labute approximate surface area is 384 Å². The molecule has 0 spiro atoms. The smallest absolute Gasteiger partial charge is 0.137 e. The lowest BCUT2D eigenvalue weighted by molar-refractivity contribution is 0.660. The van der Waals surface area contributed by atoms with Gasteiger partial charge in [-0.05, 0) is 186 Å². The molecule has 0 saturated carbocycles. The molecule has 8 aromatic carbocycles. The van der Waals surface area contributed by atoms with Crippen molar-refractivity contribution in [3.63, 3.8) is 0 Å². The Morgan fingerprint density at radius 1 is 0.455 bits per heavy atom. The van der Waals surface area contributed by atoms with Crippen molar-refractivity contribution < 1.29 is 0 Å². The van der Waals surface area contributed by atoms with Gasteiger partial charge < -0.3 is 4.98 Å². The van der Waals surface area contributed by atoms with Gasteiger partial charge in [0.05, 0.1) is 16.6 Å². The van der Waals surface area contributed by atoms with E-state index in [0.29, 0.717) is 0 Å². The van der Waals surface area contributed by atoms with E-state index in [0.717, 1.165) is 31.5 Å². The van der Waals surface area contributed by atoms with Gasteiger partial charge in [0, 0.05) is 44.1 Å². The summed E-state index contributed by atoms with van der Waals surface area (Å²) in [6.07, 6.45) is 5.98. The van der Waals surface area contributed by atoms with Gasteiger partial charge in [0.25, 0.3) is 0 Å². The van der Waals surface area contributed by atoms with Crippen LogP contribution < -0.4 is 0 Å². The molecule has 3 heteroatoms. The summed E-state index contributed by atoms with van der Waals surface area (Å²) in [5, 5.41) is 5.30. The molecule has 15 rings (SSSR count). The lowest BCUT2D eigenvalue weighted by Gasteiger charge is -2.31. The molecule has 4 aliphatic rings. The van der Waals surface area contributed by atoms with Crippen LogP contribution in [0.3, 0.4) is 0 Å². The van der Waals surface area contributed by atoms with Crippen molar-refractivity contribution in [2.75, 3.05) is 0 Å². The molecule has 0 unspecified atom stereocenters. The molecule has 11 aromatic rings. The largest absolute Gasteiger partial charge is 0.354 e.